The summed E-state index contributed by atoms with van der Waals surface area (Å²) in [6.07, 6.45) is 9.38. The van der Waals surface area contributed by atoms with Gasteiger partial charge in [0.05, 0.1) is 10.7 Å². The van der Waals surface area contributed by atoms with Gasteiger partial charge in [-0.1, -0.05) is 11.6 Å². The summed E-state index contributed by atoms with van der Waals surface area (Å²) in [5.74, 6) is 0.881. The van der Waals surface area contributed by atoms with Gasteiger partial charge in [-0.3, -0.25) is 14.5 Å². The van der Waals surface area contributed by atoms with E-state index < -0.39 is 17.4 Å². The standard InChI is InChI=1S/C19H22ClN3O3/c1-2-17(24)23(19(18(21)25)8-10-26-11-9-19)14-6-7-16(15(20)12-14)22-13-4-3-5-13/h1,6-7,12-13,22H,3-5,8-11H2,(H2,21,25). The highest BCUT2D eigenvalue weighted by molar-refractivity contribution is 6.33. The van der Waals surface area contributed by atoms with Gasteiger partial charge in [0.15, 0.2) is 0 Å². The number of benzene rings is 1. The highest BCUT2D eigenvalue weighted by Crippen LogP contribution is 2.37. The summed E-state index contributed by atoms with van der Waals surface area (Å²) in [5.41, 5.74) is 5.73. The summed E-state index contributed by atoms with van der Waals surface area (Å²) in [6.45, 7) is 0.651. The molecule has 1 aliphatic heterocycles. The molecule has 1 heterocycles. The lowest BCUT2D eigenvalue weighted by molar-refractivity contribution is -0.130. The molecular formula is C19H22ClN3O3. The van der Waals surface area contributed by atoms with Crippen molar-refractivity contribution in [2.24, 2.45) is 5.73 Å². The maximum Gasteiger partial charge on any atom is 0.303 e. The van der Waals surface area contributed by atoms with E-state index in [1.165, 1.54) is 11.3 Å². The van der Waals surface area contributed by atoms with Crippen LogP contribution in [0.2, 0.25) is 5.02 Å². The van der Waals surface area contributed by atoms with E-state index in [1.807, 2.05) is 0 Å². The normalized spacial score (nSPS) is 19.1. The van der Waals surface area contributed by atoms with E-state index >= 15 is 0 Å². The molecule has 6 nitrogen and oxygen atoms in total. The van der Waals surface area contributed by atoms with Crippen LogP contribution < -0.4 is 16.0 Å². The minimum Gasteiger partial charge on any atom is -0.381 e. The minimum absolute atomic E-state index is 0.287. The van der Waals surface area contributed by atoms with Crippen LogP contribution in [0.3, 0.4) is 0 Å². The molecule has 0 spiro atoms. The molecule has 1 aliphatic carbocycles. The van der Waals surface area contributed by atoms with Crippen LogP contribution in [0, 0.1) is 12.3 Å². The highest BCUT2D eigenvalue weighted by atomic mass is 35.5. The van der Waals surface area contributed by atoms with E-state index in [2.05, 4.69) is 11.2 Å². The van der Waals surface area contributed by atoms with Gasteiger partial charge in [-0.15, -0.1) is 6.42 Å². The number of primary amides is 1. The summed E-state index contributed by atoms with van der Waals surface area (Å²) >= 11 is 6.42. The lowest BCUT2D eigenvalue weighted by atomic mass is 9.86. The van der Waals surface area contributed by atoms with Crippen LogP contribution in [0.15, 0.2) is 18.2 Å². The summed E-state index contributed by atoms with van der Waals surface area (Å²) < 4.78 is 5.35. The first-order valence-corrected chi connectivity index (χ1v) is 9.10. The van der Waals surface area contributed by atoms with E-state index in [9.17, 15) is 9.59 Å². The number of terminal acetylenes is 1. The van der Waals surface area contributed by atoms with Crippen LogP contribution in [0.1, 0.15) is 32.1 Å². The maximum absolute atomic E-state index is 12.5. The second-order valence-corrected chi connectivity index (χ2v) is 7.14. The zero-order valence-corrected chi connectivity index (χ0v) is 15.2. The number of carbonyl (C=O) groups is 2. The molecule has 0 atom stereocenters. The molecule has 2 fully saturated rings. The lowest BCUT2D eigenvalue weighted by Gasteiger charge is -2.43. The van der Waals surface area contributed by atoms with Crippen molar-refractivity contribution < 1.29 is 14.3 Å². The number of hydrogen-bond donors (Lipinski definition) is 2. The first kappa shape index (κ1) is 18.6. The molecule has 138 valence electrons. The second kappa shape index (κ2) is 7.56. The summed E-state index contributed by atoms with van der Waals surface area (Å²) in [5, 5.41) is 3.85. The Hall–Kier alpha value is -2.23. The Balaban J connectivity index is 1.97. The van der Waals surface area contributed by atoms with Crippen LogP contribution in [0.25, 0.3) is 0 Å². The average Bonchev–Trinajstić information content (AvgIpc) is 2.60. The van der Waals surface area contributed by atoms with E-state index in [-0.39, 0.29) is 12.8 Å². The van der Waals surface area contributed by atoms with Crippen molar-refractivity contribution in [3.8, 4) is 12.3 Å². The molecule has 0 radical (unpaired) electrons. The first-order valence-electron chi connectivity index (χ1n) is 8.72. The van der Waals surface area contributed by atoms with E-state index in [1.54, 1.807) is 18.2 Å². The molecule has 0 bridgehead atoms. The third-order valence-electron chi connectivity index (χ3n) is 5.21. The number of anilines is 2. The molecule has 2 amide bonds. The number of nitrogens with two attached hydrogens (primary N) is 1. The fourth-order valence-electron chi connectivity index (χ4n) is 3.45. The van der Waals surface area contributed by atoms with E-state index in [0.29, 0.717) is 30.0 Å². The van der Waals surface area contributed by atoms with Gasteiger partial charge >= 0.3 is 5.91 Å². The molecule has 1 saturated heterocycles. The van der Waals surface area contributed by atoms with Crippen LogP contribution in [-0.4, -0.2) is 36.6 Å². The largest absolute Gasteiger partial charge is 0.381 e. The molecule has 2 aliphatic rings. The number of nitrogens with zero attached hydrogens (tertiary/aromatic N) is 1. The fourth-order valence-corrected chi connectivity index (χ4v) is 3.67. The molecule has 1 saturated carbocycles. The number of halogens is 1. The van der Waals surface area contributed by atoms with Gasteiger partial charge in [0.25, 0.3) is 0 Å². The minimum atomic E-state index is -1.21. The van der Waals surface area contributed by atoms with Gasteiger partial charge in [0.1, 0.15) is 5.54 Å². The highest BCUT2D eigenvalue weighted by Gasteiger charge is 2.47. The van der Waals surface area contributed by atoms with Crippen molar-refractivity contribution >= 4 is 34.8 Å². The lowest BCUT2D eigenvalue weighted by Crippen LogP contribution is -2.62. The zero-order chi connectivity index (χ0) is 18.7. The van der Waals surface area contributed by atoms with Crippen molar-refractivity contribution in [3.63, 3.8) is 0 Å². The molecule has 0 aromatic heterocycles. The first-order chi connectivity index (χ1) is 12.5. The molecule has 7 heteroatoms. The number of ether oxygens (including phenoxy) is 1. The van der Waals surface area contributed by atoms with Gasteiger partial charge in [-0.05, 0) is 43.4 Å². The molecule has 1 aromatic rings. The van der Waals surface area contributed by atoms with Crippen molar-refractivity contribution in [2.75, 3.05) is 23.4 Å². The number of carbonyl (C=O) groups excluding carboxylic acids is 2. The summed E-state index contributed by atoms with van der Waals surface area (Å²) in [6, 6.07) is 5.62. The third kappa shape index (κ3) is 3.37. The molecule has 26 heavy (non-hydrogen) atoms. The van der Waals surface area contributed by atoms with Crippen molar-refractivity contribution in [3.05, 3.63) is 23.2 Å². The Labute approximate surface area is 158 Å². The second-order valence-electron chi connectivity index (χ2n) is 6.73. The Morgan fingerprint density at radius 3 is 2.54 bits per heavy atom. The van der Waals surface area contributed by atoms with Gasteiger partial charge < -0.3 is 15.8 Å². The molecule has 1 aromatic carbocycles. The Kier molecular flexibility index (Phi) is 5.40. The van der Waals surface area contributed by atoms with E-state index in [4.69, 9.17) is 28.5 Å². The molecule has 3 N–H and O–H groups in total. The number of hydrogen-bond acceptors (Lipinski definition) is 4. The van der Waals surface area contributed by atoms with Crippen LogP contribution in [-0.2, 0) is 14.3 Å². The van der Waals surface area contributed by atoms with Crippen molar-refractivity contribution in [2.45, 2.75) is 43.7 Å². The molecule has 3 rings (SSSR count). The number of nitrogens with one attached hydrogen (secondary N) is 1. The number of rotatable bonds is 5. The van der Waals surface area contributed by atoms with Gasteiger partial charge in [0.2, 0.25) is 5.91 Å². The smallest absolute Gasteiger partial charge is 0.303 e. The zero-order valence-electron chi connectivity index (χ0n) is 14.5. The van der Waals surface area contributed by atoms with Crippen LogP contribution >= 0.6 is 11.6 Å². The quantitative estimate of drug-likeness (QED) is 0.773. The van der Waals surface area contributed by atoms with E-state index in [0.717, 1.165) is 18.5 Å². The Bertz CT molecular complexity index is 749. The summed E-state index contributed by atoms with van der Waals surface area (Å²) in [7, 11) is 0. The Morgan fingerprint density at radius 1 is 1.35 bits per heavy atom. The van der Waals surface area contributed by atoms with Gasteiger partial charge in [-0.2, -0.15) is 0 Å². The topological polar surface area (TPSA) is 84.7 Å². The SMILES string of the molecule is C#CC(=O)N(c1ccc(NC2CCC2)c(Cl)c1)C1(C(N)=O)CCOCC1. The monoisotopic (exact) mass is 375 g/mol. The molecule has 0 unspecified atom stereocenters. The van der Waals surface area contributed by atoms with Crippen LogP contribution in [0.5, 0.6) is 0 Å². The molecular weight excluding hydrogens is 354 g/mol. The predicted molar refractivity (Wildman–Crippen MR) is 101 cm³/mol. The predicted octanol–water partition coefficient (Wildman–Crippen LogP) is 2.31. The van der Waals surface area contributed by atoms with Crippen molar-refractivity contribution in [1.29, 1.82) is 0 Å². The van der Waals surface area contributed by atoms with Gasteiger partial charge in [-0.25, -0.2) is 0 Å². The van der Waals surface area contributed by atoms with Crippen LogP contribution in [0.4, 0.5) is 11.4 Å². The third-order valence-corrected chi connectivity index (χ3v) is 5.52. The summed E-state index contributed by atoms with van der Waals surface area (Å²) in [4.78, 5) is 26.1. The van der Waals surface area contributed by atoms with Crippen molar-refractivity contribution in [1.82, 2.24) is 0 Å². The Morgan fingerprint density at radius 2 is 2.04 bits per heavy atom. The van der Waals surface area contributed by atoms with Gasteiger partial charge in [0, 0.05) is 37.8 Å². The fraction of sp³-hybridized carbons (Fsp3) is 0.474. The average molecular weight is 376 g/mol. The number of amides is 2. The maximum atomic E-state index is 12.5.